The Morgan fingerprint density at radius 1 is 1.18 bits per heavy atom. The molecule has 2 aliphatic heterocycles. The second-order valence-electron chi connectivity index (χ2n) is 8.70. The third kappa shape index (κ3) is 3.54. The van der Waals surface area contributed by atoms with Gasteiger partial charge in [-0.1, -0.05) is 6.07 Å². The largest absolute Gasteiger partial charge is 0.378 e. The molecule has 5 rings (SSSR count). The van der Waals surface area contributed by atoms with Crippen molar-refractivity contribution < 1.29 is 9.47 Å². The molecular weight excluding hydrogens is 368 g/mol. The zero-order chi connectivity index (χ0) is 18.9. The van der Waals surface area contributed by atoms with Gasteiger partial charge in [-0.05, 0) is 73.7 Å². The summed E-state index contributed by atoms with van der Waals surface area (Å²) in [6, 6.07) is 6.35. The van der Waals surface area contributed by atoms with Gasteiger partial charge in [-0.2, -0.15) is 0 Å². The third-order valence-corrected chi connectivity index (χ3v) is 8.01. The van der Waals surface area contributed by atoms with Gasteiger partial charge in [0, 0.05) is 48.4 Å². The lowest BCUT2D eigenvalue weighted by Gasteiger charge is -2.45. The Hall–Kier alpha value is -1.27. The number of fused-ring (bicyclic) bond motifs is 1. The Kier molecular flexibility index (Phi) is 5.26. The highest BCUT2D eigenvalue weighted by atomic mass is 32.1. The van der Waals surface area contributed by atoms with Crippen LogP contribution in [-0.2, 0) is 34.3 Å². The van der Waals surface area contributed by atoms with Crippen LogP contribution in [-0.4, -0.2) is 37.0 Å². The maximum atomic E-state index is 6.25. The fraction of sp³-hybridized carbons (Fsp3) is 0.609. The molecule has 1 N–H and O–H groups in total. The molecule has 0 amide bonds. The van der Waals surface area contributed by atoms with Crippen LogP contribution in [0, 0.1) is 0 Å². The number of ether oxygens (including phenoxy) is 2. The Morgan fingerprint density at radius 3 is 3.04 bits per heavy atom. The van der Waals surface area contributed by atoms with E-state index in [9.17, 15) is 0 Å². The number of nitrogens with one attached hydrogen (secondary N) is 1. The minimum Gasteiger partial charge on any atom is -0.378 e. The number of rotatable bonds is 6. The Bertz CT molecular complexity index is 800. The molecule has 1 aliphatic carbocycles. The van der Waals surface area contributed by atoms with E-state index in [0.29, 0.717) is 0 Å². The number of thiophene rings is 1. The molecule has 2 aromatic heterocycles. The zero-order valence-electron chi connectivity index (χ0n) is 16.5. The van der Waals surface area contributed by atoms with Crippen LogP contribution in [0.15, 0.2) is 29.8 Å². The molecule has 0 saturated carbocycles. The summed E-state index contributed by atoms with van der Waals surface area (Å²) in [5.74, 6) is 0. The summed E-state index contributed by atoms with van der Waals surface area (Å²) < 4.78 is 12.0. The van der Waals surface area contributed by atoms with E-state index in [0.717, 1.165) is 58.6 Å². The van der Waals surface area contributed by atoms with Crippen molar-refractivity contribution in [1.82, 2.24) is 10.3 Å². The van der Waals surface area contributed by atoms with Crippen molar-refractivity contribution in [3.8, 4) is 0 Å². The third-order valence-electron chi connectivity index (χ3n) is 6.93. The second kappa shape index (κ2) is 7.86. The zero-order valence-corrected chi connectivity index (χ0v) is 17.4. The van der Waals surface area contributed by atoms with Crippen molar-refractivity contribution in [2.45, 2.75) is 62.5 Å². The summed E-state index contributed by atoms with van der Waals surface area (Å²) in [6.07, 6.45) is 9.99. The Labute approximate surface area is 171 Å². The molecule has 1 spiro atoms. The van der Waals surface area contributed by atoms with Gasteiger partial charge in [0.25, 0.3) is 0 Å². The van der Waals surface area contributed by atoms with Gasteiger partial charge < -0.3 is 14.8 Å². The fourth-order valence-corrected chi connectivity index (χ4v) is 6.51. The fourth-order valence-electron chi connectivity index (χ4n) is 5.40. The summed E-state index contributed by atoms with van der Waals surface area (Å²) in [4.78, 5) is 6.33. The second-order valence-corrected chi connectivity index (χ2v) is 9.66. The molecule has 0 aromatic carbocycles. The monoisotopic (exact) mass is 398 g/mol. The number of aryl methyl sites for hydroxylation is 1. The molecule has 28 heavy (non-hydrogen) atoms. The molecule has 3 aliphatic rings. The van der Waals surface area contributed by atoms with Crippen LogP contribution in [0.2, 0.25) is 0 Å². The lowest BCUT2D eigenvalue weighted by molar-refractivity contribution is -0.109. The maximum absolute atomic E-state index is 6.25. The van der Waals surface area contributed by atoms with E-state index in [1.165, 1.54) is 25.0 Å². The summed E-state index contributed by atoms with van der Waals surface area (Å²) in [6.45, 7) is 4.37. The quantitative estimate of drug-likeness (QED) is 0.747. The molecule has 0 unspecified atom stereocenters. The van der Waals surface area contributed by atoms with E-state index in [1.54, 1.807) is 16.0 Å². The number of pyridine rings is 1. The van der Waals surface area contributed by atoms with E-state index in [-0.39, 0.29) is 11.0 Å². The van der Waals surface area contributed by atoms with Crippen molar-refractivity contribution in [3.05, 3.63) is 51.5 Å². The van der Waals surface area contributed by atoms with E-state index >= 15 is 0 Å². The van der Waals surface area contributed by atoms with Crippen LogP contribution in [0.1, 0.15) is 53.8 Å². The molecule has 2 atom stereocenters. The Morgan fingerprint density at radius 2 is 2.18 bits per heavy atom. The molecule has 150 valence electrons. The van der Waals surface area contributed by atoms with Gasteiger partial charge in [-0.15, -0.1) is 11.3 Å². The van der Waals surface area contributed by atoms with Crippen molar-refractivity contribution in [3.63, 3.8) is 0 Å². The summed E-state index contributed by atoms with van der Waals surface area (Å²) >= 11 is 1.94. The Balaban J connectivity index is 1.28. The van der Waals surface area contributed by atoms with Crippen molar-refractivity contribution in [2.24, 2.45) is 0 Å². The first kappa shape index (κ1) is 18.7. The van der Waals surface area contributed by atoms with Gasteiger partial charge in [0.05, 0.1) is 12.2 Å². The van der Waals surface area contributed by atoms with Gasteiger partial charge >= 0.3 is 0 Å². The molecule has 5 heteroatoms. The highest BCUT2D eigenvalue weighted by Gasteiger charge is 2.49. The van der Waals surface area contributed by atoms with Crippen molar-refractivity contribution in [2.75, 3.05) is 26.4 Å². The van der Waals surface area contributed by atoms with Crippen LogP contribution in [0.3, 0.4) is 0 Å². The molecule has 0 bridgehead atoms. The number of aromatic nitrogens is 1. The molecule has 4 heterocycles. The van der Waals surface area contributed by atoms with Crippen molar-refractivity contribution >= 4 is 11.3 Å². The van der Waals surface area contributed by atoms with Gasteiger partial charge in [0.15, 0.2) is 0 Å². The van der Waals surface area contributed by atoms with E-state index in [2.05, 4.69) is 22.8 Å². The highest BCUT2D eigenvalue weighted by Crippen LogP contribution is 2.46. The molecule has 2 saturated heterocycles. The van der Waals surface area contributed by atoms with E-state index in [4.69, 9.17) is 14.5 Å². The average molecular weight is 399 g/mol. The predicted molar refractivity (Wildman–Crippen MR) is 112 cm³/mol. The molecule has 0 radical (unpaired) electrons. The van der Waals surface area contributed by atoms with Gasteiger partial charge in [-0.25, -0.2) is 0 Å². The minimum absolute atomic E-state index is 0.0810. The topological polar surface area (TPSA) is 43.4 Å². The van der Waals surface area contributed by atoms with Gasteiger partial charge in [0.1, 0.15) is 0 Å². The van der Waals surface area contributed by atoms with Crippen molar-refractivity contribution in [1.29, 1.82) is 0 Å². The van der Waals surface area contributed by atoms with Crippen LogP contribution < -0.4 is 5.32 Å². The summed E-state index contributed by atoms with van der Waals surface area (Å²) in [5, 5.41) is 6.12. The molecule has 2 aromatic rings. The van der Waals surface area contributed by atoms with Crippen LogP contribution in [0.4, 0.5) is 0 Å². The number of hydrogen-bond donors (Lipinski definition) is 1. The maximum Gasteiger partial charge on any atom is 0.0945 e. The molecule has 4 nitrogen and oxygen atoms in total. The lowest BCUT2D eigenvalue weighted by Crippen LogP contribution is -2.49. The van der Waals surface area contributed by atoms with E-state index < -0.39 is 0 Å². The van der Waals surface area contributed by atoms with Gasteiger partial charge in [-0.3, -0.25) is 4.98 Å². The summed E-state index contributed by atoms with van der Waals surface area (Å²) in [7, 11) is 0. The summed E-state index contributed by atoms with van der Waals surface area (Å²) in [5.41, 5.74) is 4.43. The minimum atomic E-state index is -0.107. The predicted octanol–water partition coefficient (Wildman–Crippen LogP) is 4.02. The number of hydrogen-bond acceptors (Lipinski definition) is 5. The average Bonchev–Trinajstić information content (AvgIpc) is 3.45. The highest BCUT2D eigenvalue weighted by molar-refractivity contribution is 7.10. The van der Waals surface area contributed by atoms with Crippen LogP contribution in [0.25, 0.3) is 0 Å². The van der Waals surface area contributed by atoms with Gasteiger partial charge in [0.2, 0.25) is 0 Å². The smallest absolute Gasteiger partial charge is 0.0945 e. The number of nitrogens with zero attached hydrogens (tertiary/aromatic N) is 1. The molecule has 2 fully saturated rings. The first-order valence-corrected chi connectivity index (χ1v) is 11.6. The lowest BCUT2D eigenvalue weighted by atomic mass is 9.68. The molecular formula is C23H30N2O2S. The SMILES string of the molecule is c1ccc([C@]2(CCNCc3scc4c3CCC4)CCO[C@]3(CCOC3)C2)nc1. The van der Waals surface area contributed by atoms with Crippen LogP contribution in [0.5, 0.6) is 0 Å². The first-order valence-electron chi connectivity index (χ1n) is 10.7. The standard InChI is InChI=1S/C23H30N2O2S/c1-2-10-25-21(6-1)22(8-13-27-23(16-22)9-12-26-17-23)7-11-24-14-20-19-5-3-4-18(19)15-28-20/h1-2,6,10,15,24H,3-5,7-9,11-14,16-17H2/t22-,23-/m1/s1. The van der Waals surface area contributed by atoms with Crippen LogP contribution >= 0.6 is 11.3 Å². The first-order chi connectivity index (χ1) is 13.8. The van der Waals surface area contributed by atoms with E-state index in [1.807, 2.05) is 23.6 Å². The normalized spacial score (nSPS) is 29.4.